The average Bonchev–Trinajstić information content (AvgIpc) is 2.55. The van der Waals surface area contributed by atoms with Crippen molar-refractivity contribution < 1.29 is 0 Å². The van der Waals surface area contributed by atoms with Gasteiger partial charge in [-0.25, -0.2) is 0 Å². The van der Waals surface area contributed by atoms with Crippen molar-refractivity contribution in [1.82, 2.24) is 9.88 Å². The third kappa shape index (κ3) is 1.84. The zero-order chi connectivity index (χ0) is 11.5. The second kappa shape index (κ2) is 4.68. The molecule has 86 valence electrons. The largest absolute Gasteiger partial charge is 0.346 e. The minimum absolute atomic E-state index is 0.684. The minimum Gasteiger partial charge on any atom is -0.346 e. The van der Waals surface area contributed by atoms with E-state index in [1.807, 2.05) is 0 Å². The lowest BCUT2D eigenvalue weighted by atomic mass is 10.1. The second-order valence-corrected chi connectivity index (χ2v) is 4.11. The molecular weight excluding hydrogens is 198 g/mol. The highest BCUT2D eigenvalue weighted by Gasteiger charge is 2.09. The Bertz CT molecular complexity index is 446. The van der Waals surface area contributed by atoms with Gasteiger partial charge in [-0.1, -0.05) is 18.2 Å². The van der Waals surface area contributed by atoms with E-state index in [4.69, 9.17) is 5.73 Å². The lowest BCUT2D eigenvalue weighted by Gasteiger charge is -2.06. The number of nitrogens with two attached hydrogens (primary N) is 1. The quantitative estimate of drug-likeness (QED) is 0.763. The number of hydrogen-bond donors (Lipinski definition) is 2. The molecule has 0 unspecified atom stereocenters. The van der Waals surface area contributed by atoms with Gasteiger partial charge in [0.25, 0.3) is 0 Å². The van der Waals surface area contributed by atoms with Gasteiger partial charge in [0, 0.05) is 43.3 Å². The zero-order valence-electron chi connectivity index (χ0n) is 9.96. The summed E-state index contributed by atoms with van der Waals surface area (Å²) in [6.07, 6.45) is 0. The van der Waals surface area contributed by atoms with E-state index in [-0.39, 0.29) is 0 Å². The first kappa shape index (κ1) is 11.2. The van der Waals surface area contributed by atoms with Crippen molar-refractivity contribution in [1.29, 1.82) is 0 Å². The molecule has 2 rings (SSSR count). The maximum atomic E-state index is 5.47. The van der Waals surface area contributed by atoms with E-state index in [1.54, 1.807) is 0 Å². The predicted molar refractivity (Wildman–Crippen MR) is 68.4 cm³/mol. The molecule has 0 aliphatic heterocycles. The molecule has 0 aliphatic carbocycles. The summed E-state index contributed by atoms with van der Waals surface area (Å²) in [6, 6.07) is 8.51. The van der Waals surface area contributed by atoms with E-state index in [1.165, 1.54) is 22.2 Å². The fraction of sp³-hybridized carbons (Fsp3) is 0.385. The normalized spacial score (nSPS) is 11.2. The van der Waals surface area contributed by atoms with Crippen molar-refractivity contribution >= 4 is 10.9 Å². The first-order chi connectivity index (χ1) is 7.75. The maximum Gasteiger partial charge on any atom is 0.0483 e. The van der Waals surface area contributed by atoms with Crippen LogP contribution in [-0.2, 0) is 13.6 Å². The van der Waals surface area contributed by atoms with Crippen LogP contribution in [0.5, 0.6) is 0 Å². The predicted octanol–water partition coefficient (Wildman–Crippen LogP) is 1.54. The highest BCUT2D eigenvalue weighted by Crippen LogP contribution is 2.23. The van der Waals surface area contributed by atoms with Crippen LogP contribution in [0.4, 0.5) is 0 Å². The highest BCUT2D eigenvalue weighted by atomic mass is 15.0. The number of aryl methyl sites for hydroxylation is 2. The van der Waals surface area contributed by atoms with Gasteiger partial charge in [-0.2, -0.15) is 0 Å². The van der Waals surface area contributed by atoms with Crippen molar-refractivity contribution in [2.75, 3.05) is 13.1 Å². The number of hydrogen-bond acceptors (Lipinski definition) is 2. The molecule has 16 heavy (non-hydrogen) atoms. The minimum atomic E-state index is 0.684. The number of rotatable bonds is 4. The number of aromatic nitrogens is 1. The Balaban J connectivity index is 2.37. The Kier molecular flexibility index (Phi) is 3.27. The van der Waals surface area contributed by atoms with Gasteiger partial charge in [-0.3, -0.25) is 0 Å². The smallest absolute Gasteiger partial charge is 0.0483 e. The molecule has 0 spiro atoms. The molecule has 0 saturated heterocycles. The molecule has 0 aliphatic rings. The molecule has 1 aromatic carbocycles. The molecule has 0 amide bonds. The van der Waals surface area contributed by atoms with Gasteiger partial charge in [0.15, 0.2) is 0 Å². The van der Waals surface area contributed by atoms with Crippen LogP contribution in [0, 0.1) is 6.92 Å². The van der Waals surface area contributed by atoms with Crippen molar-refractivity contribution in [3.63, 3.8) is 0 Å². The summed E-state index contributed by atoms with van der Waals surface area (Å²) in [5.41, 5.74) is 9.48. The molecule has 0 fully saturated rings. The molecule has 0 radical (unpaired) electrons. The Labute approximate surface area is 96.2 Å². The van der Waals surface area contributed by atoms with Gasteiger partial charge < -0.3 is 15.6 Å². The molecule has 3 N–H and O–H groups in total. The van der Waals surface area contributed by atoms with Crippen LogP contribution >= 0.6 is 0 Å². The van der Waals surface area contributed by atoms with Gasteiger partial charge >= 0.3 is 0 Å². The van der Waals surface area contributed by atoms with Gasteiger partial charge in [-0.05, 0) is 18.6 Å². The molecular formula is C13H19N3. The molecule has 0 bridgehead atoms. The number of benzene rings is 1. The van der Waals surface area contributed by atoms with Crippen LogP contribution in [0.15, 0.2) is 24.3 Å². The third-order valence-electron chi connectivity index (χ3n) is 3.12. The Morgan fingerprint density at radius 1 is 1.31 bits per heavy atom. The number of nitrogens with one attached hydrogen (secondary N) is 1. The van der Waals surface area contributed by atoms with E-state index in [9.17, 15) is 0 Å². The topological polar surface area (TPSA) is 43.0 Å². The van der Waals surface area contributed by atoms with E-state index in [2.05, 4.69) is 48.1 Å². The number of nitrogens with zero attached hydrogens (tertiary/aromatic N) is 1. The molecule has 0 saturated carbocycles. The molecule has 3 nitrogen and oxygen atoms in total. The lowest BCUT2D eigenvalue weighted by Crippen LogP contribution is -2.23. The summed E-state index contributed by atoms with van der Waals surface area (Å²) < 4.78 is 2.26. The second-order valence-electron chi connectivity index (χ2n) is 4.11. The molecule has 1 heterocycles. The summed E-state index contributed by atoms with van der Waals surface area (Å²) in [4.78, 5) is 0. The maximum absolute atomic E-state index is 5.47. The van der Waals surface area contributed by atoms with E-state index < -0.39 is 0 Å². The molecule has 2 aromatic rings. The van der Waals surface area contributed by atoms with Crippen LogP contribution < -0.4 is 11.1 Å². The van der Waals surface area contributed by atoms with Gasteiger partial charge in [0.05, 0.1) is 0 Å². The Morgan fingerprint density at radius 3 is 2.75 bits per heavy atom. The molecule has 3 heteroatoms. The van der Waals surface area contributed by atoms with Crippen molar-refractivity contribution in [3.8, 4) is 0 Å². The summed E-state index contributed by atoms with van der Waals surface area (Å²) in [7, 11) is 2.12. The summed E-state index contributed by atoms with van der Waals surface area (Å²) >= 11 is 0. The standard InChI is InChI=1S/C13H19N3/c1-10-11-5-3-4-6-12(11)16(2)13(10)9-15-8-7-14/h3-6,15H,7-9,14H2,1-2H3. The summed E-state index contributed by atoms with van der Waals surface area (Å²) in [5.74, 6) is 0. The van der Waals surface area contributed by atoms with E-state index >= 15 is 0 Å². The van der Waals surface area contributed by atoms with Gasteiger partial charge in [-0.15, -0.1) is 0 Å². The highest BCUT2D eigenvalue weighted by molar-refractivity contribution is 5.85. The van der Waals surface area contributed by atoms with Crippen molar-refractivity contribution in [2.45, 2.75) is 13.5 Å². The van der Waals surface area contributed by atoms with Gasteiger partial charge in [0.2, 0.25) is 0 Å². The van der Waals surface area contributed by atoms with Gasteiger partial charge in [0.1, 0.15) is 0 Å². The fourth-order valence-corrected chi connectivity index (χ4v) is 2.20. The van der Waals surface area contributed by atoms with Crippen molar-refractivity contribution in [2.24, 2.45) is 12.8 Å². The Hall–Kier alpha value is -1.32. The number of fused-ring (bicyclic) bond motifs is 1. The van der Waals surface area contributed by atoms with Crippen LogP contribution in [0.25, 0.3) is 10.9 Å². The monoisotopic (exact) mass is 217 g/mol. The SMILES string of the molecule is Cc1c(CNCCN)n(C)c2ccccc12. The summed E-state index contributed by atoms with van der Waals surface area (Å²) in [6.45, 7) is 4.61. The van der Waals surface area contributed by atoms with Crippen LogP contribution in [0.2, 0.25) is 0 Å². The van der Waals surface area contributed by atoms with E-state index in [0.29, 0.717) is 6.54 Å². The summed E-state index contributed by atoms with van der Waals surface area (Å²) in [5, 5.41) is 4.69. The van der Waals surface area contributed by atoms with Crippen LogP contribution in [-0.4, -0.2) is 17.7 Å². The van der Waals surface area contributed by atoms with E-state index in [0.717, 1.165) is 13.1 Å². The zero-order valence-corrected chi connectivity index (χ0v) is 9.96. The molecule has 0 atom stereocenters. The fourth-order valence-electron chi connectivity index (χ4n) is 2.20. The lowest BCUT2D eigenvalue weighted by molar-refractivity contribution is 0.660. The first-order valence-electron chi connectivity index (χ1n) is 5.69. The Morgan fingerprint density at radius 2 is 2.06 bits per heavy atom. The first-order valence-corrected chi connectivity index (χ1v) is 5.69. The average molecular weight is 217 g/mol. The molecule has 1 aromatic heterocycles. The van der Waals surface area contributed by atoms with Crippen LogP contribution in [0.1, 0.15) is 11.3 Å². The van der Waals surface area contributed by atoms with Crippen LogP contribution in [0.3, 0.4) is 0 Å². The third-order valence-corrected chi connectivity index (χ3v) is 3.12. The number of para-hydroxylation sites is 1. The van der Waals surface area contributed by atoms with Crippen molar-refractivity contribution in [3.05, 3.63) is 35.5 Å².